The summed E-state index contributed by atoms with van der Waals surface area (Å²) >= 11 is 0. The first-order valence-corrected chi connectivity index (χ1v) is 6.30. The van der Waals surface area contributed by atoms with Crippen molar-refractivity contribution in [2.24, 2.45) is 0 Å². The molecular formula is C14H22N2O2. The fraction of sp³-hybridized carbons (Fsp3) is 0.571. The topological polar surface area (TPSA) is 33.7 Å². The number of aryl methyl sites for hydroxylation is 1. The zero-order valence-corrected chi connectivity index (χ0v) is 11.6. The highest BCUT2D eigenvalue weighted by atomic mass is 16.5. The van der Waals surface area contributed by atoms with Crippen LogP contribution < -0.4 is 14.8 Å². The number of hydrogen-bond acceptors (Lipinski definition) is 4. The Morgan fingerprint density at radius 2 is 1.94 bits per heavy atom. The third-order valence-electron chi connectivity index (χ3n) is 3.50. The molecule has 0 saturated carbocycles. The molecule has 1 aromatic rings. The molecule has 1 aliphatic heterocycles. The quantitative estimate of drug-likeness (QED) is 0.883. The lowest BCUT2D eigenvalue weighted by Crippen LogP contribution is -2.43. The molecule has 0 amide bonds. The van der Waals surface area contributed by atoms with E-state index >= 15 is 0 Å². The molecule has 4 nitrogen and oxygen atoms in total. The molecule has 4 heteroatoms. The highest BCUT2D eigenvalue weighted by Gasteiger charge is 2.22. The maximum absolute atomic E-state index is 5.50. The zero-order valence-electron chi connectivity index (χ0n) is 11.6. The van der Waals surface area contributed by atoms with Crippen LogP contribution in [0.3, 0.4) is 0 Å². The molecule has 1 fully saturated rings. The van der Waals surface area contributed by atoms with Gasteiger partial charge in [0, 0.05) is 31.2 Å². The van der Waals surface area contributed by atoms with Crippen LogP contribution in [0.15, 0.2) is 12.1 Å². The predicted molar refractivity (Wildman–Crippen MR) is 72.5 cm³/mol. The third kappa shape index (κ3) is 2.60. The molecule has 1 N–H and O–H groups in total. The summed E-state index contributed by atoms with van der Waals surface area (Å²) in [5.41, 5.74) is 2.27. The summed E-state index contributed by atoms with van der Waals surface area (Å²) in [6.45, 7) is 5.11. The minimum atomic E-state index is 0.299. The Kier molecular flexibility index (Phi) is 4.09. The molecule has 0 aliphatic carbocycles. The molecule has 0 aromatic heterocycles. The first-order chi connectivity index (χ1) is 8.65. The molecule has 1 aliphatic rings. The number of hydrogen-bond donors (Lipinski definition) is 1. The minimum absolute atomic E-state index is 0.299. The normalized spacial score (nSPS) is 20.8. The van der Waals surface area contributed by atoms with Crippen molar-refractivity contribution < 1.29 is 9.47 Å². The van der Waals surface area contributed by atoms with Crippen molar-refractivity contribution in [3.63, 3.8) is 0 Å². The van der Waals surface area contributed by atoms with Crippen LogP contribution in [0.1, 0.15) is 17.2 Å². The van der Waals surface area contributed by atoms with E-state index < -0.39 is 0 Å². The molecular weight excluding hydrogens is 228 g/mol. The van der Waals surface area contributed by atoms with Crippen LogP contribution in [0, 0.1) is 6.92 Å². The lowest BCUT2D eigenvalue weighted by atomic mass is 10.0. The summed E-state index contributed by atoms with van der Waals surface area (Å²) in [6.07, 6.45) is 0. The van der Waals surface area contributed by atoms with Gasteiger partial charge in [-0.05, 0) is 31.7 Å². The second-order valence-corrected chi connectivity index (χ2v) is 4.83. The van der Waals surface area contributed by atoms with Crippen LogP contribution in [0.5, 0.6) is 11.5 Å². The second-order valence-electron chi connectivity index (χ2n) is 4.83. The van der Waals surface area contributed by atoms with E-state index in [1.54, 1.807) is 14.2 Å². The Labute approximate surface area is 109 Å². The van der Waals surface area contributed by atoms with E-state index in [4.69, 9.17) is 9.47 Å². The van der Waals surface area contributed by atoms with E-state index in [-0.39, 0.29) is 0 Å². The molecule has 0 bridgehead atoms. The van der Waals surface area contributed by atoms with Crippen molar-refractivity contribution in [2.45, 2.75) is 13.0 Å². The van der Waals surface area contributed by atoms with Crippen LogP contribution in [-0.4, -0.2) is 45.8 Å². The number of nitrogens with one attached hydrogen (secondary N) is 1. The average Bonchev–Trinajstić information content (AvgIpc) is 2.38. The van der Waals surface area contributed by atoms with Gasteiger partial charge in [0.25, 0.3) is 0 Å². The molecule has 0 radical (unpaired) electrons. The molecule has 0 spiro atoms. The van der Waals surface area contributed by atoms with E-state index in [9.17, 15) is 0 Å². The summed E-state index contributed by atoms with van der Waals surface area (Å²) in [4.78, 5) is 2.33. The summed E-state index contributed by atoms with van der Waals surface area (Å²) in [5, 5.41) is 3.53. The highest BCUT2D eigenvalue weighted by Crippen LogP contribution is 2.33. The van der Waals surface area contributed by atoms with Crippen molar-refractivity contribution in [3.8, 4) is 11.5 Å². The Morgan fingerprint density at radius 3 is 2.56 bits per heavy atom. The van der Waals surface area contributed by atoms with Gasteiger partial charge in [-0.2, -0.15) is 0 Å². The first kappa shape index (κ1) is 13.2. The van der Waals surface area contributed by atoms with E-state index in [2.05, 4.69) is 23.3 Å². The van der Waals surface area contributed by atoms with Crippen LogP contribution in [0.25, 0.3) is 0 Å². The van der Waals surface area contributed by atoms with Crippen molar-refractivity contribution >= 4 is 0 Å². The zero-order chi connectivity index (χ0) is 13.1. The fourth-order valence-electron chi connectivity index (χ4n) is 2.45. The maximum Gasteiger partial charge on any atom is 0.124 e. The van der Waals surface area contributed by atoms with Crippen molar-refractivity contribution in [1.29, 1.82) is 0 Å². The van der Waals surface area contributed by atoms with Crippen LogP contribution in [0.2, 0.25) is 0 Å². The average molecular weight is 250 g/mol. The third-order valence-corrected chi connectivity index (χ3v) is 3.50. The molecule has 2 rings (SSSR count). The van der Waals surface area contributed by atoms with Gasteiger partial charge in [-0.25, -0.2) is 0 Å². The molecule has 1 atom stereocenters. The Bertz CT molecular complexity index is 421. The van der Waals surface area contributed by atoms with E-state index in [1.165, 1.54) is 5.56 Å². The Balaban J connectivity index is 2.35. The lowest BCUT2D eigenvalue weighted by molar-refractivity contribution is 0.237. The lowest BCUT2D eigenvalue weighted by Gasteiger charge is -2.32. The van der Waals surface area contributed by atoms with E-state index in [1.807, 2.05) is 13.0 Å². The van der Waals surface area contributed by atoms with Gasteiger partial charge in [0.05, 0.1) is 14.2 Å². The monoisotopic (exact) mass is 250 g/mol. The van der Waals surface area contributed by atoms with Gasteiger partial charge >= 0.3 is 0 Å². The molecule has 1 unspecified atom stereocenters. The van der Waals surface area contributed by atoms with Crippen molar-refractivity contribution in [1.82, 2.24) is 10.2 Å². The van der Waals surface area contributed by atoms with Crippen LogP contribution in [-0.2, 0) is 0 Å². The van der Waals surface area contributed by atoms with Crippen molar-refractivity contribution in [3.05, 3.63) is 23.3 Å². The molecule has 1 aromatic carbocycles. The van der Waals surface area contributed by atoms with Gasteiger partial charge in [0.1, 0.15) is 11.5 Å². The number of methoxy groups -OCH3 is 2. The number of likely N-dealkylation sites (N-methyl/N-ethyl adjacent to an activating group) is 1. The van der Waals surface area contributed by atoms with Crippen LogP contribution in [0.4, 0.5) is 0 Å². The van der Waals surface area contributed by atoms with Gasteiger partial charge in [-0.1, -0.05) is 0 Å². The molecule has 18 heavy (non-hydrogen) atoms. The SMILES string of the molecule is COc1cc(C2CN(C)CCN2)c(OC)cc1C. The molecule has 1 heterocycles. The standard InChI is InChI=1S/C14H22N2O2/c1-10-7-14(18-4)11(8-13(10)17-3)12-9-16(2)6-5-15-12/h7-8,12,15H,5-6,9H2,1-4H3. The summed E-state index contributed by atoms with van der Waals surface area (Å²) in [7, 11) is 5.57. The number of rotatable bonds is 3. The number of nitrogens with zero attached hydrogens (tertiary/aromatic N) is 1. The smallest absolute Gasteiger partial charge is 0.124 e. The Hall–Kier alpha value is -1.26. The van der Waals surface area contributed by atoms with Crippen LogP contribution >= 0.6 is 0 Å². The molecule has 100 valence electrons. The Morgan fingerprint density at radius 1 is 1.22 bits per heavy atom. The highest BCUT2D eigenvalue weighted by molar-refractivity contribution is 5.47. The van der Waals surface area contributed by atoms with Gasteiger partial charge in [0.15, 0.2) is 0 Å². The maximum atomic E-state index is 5.50. The van der Waals surface area contributed by atoms with Gasteiger partial charge in [0.2, 0.25) is 0 Å². The number of ether oxygens (including phenoxy) is 2. The van der Waals surface area contributed by atoms with Gasteiger partial charge < -0.3 is 19.7 Å². The summed E-state index contributed by atoms with van der Waals surface area (Å²) in [5.74, 6) is 1.85. The number of piperazine rings is 1. The van der Waals surface area contributed by atoms with E-state index in [0.717, 1.165) is 36.7 Å². The second kappa shape index (κ2) is 5.59. The first-order valence-electron chi connectivity index (χ1n) is 6.30. The summed E-state index contributed by atoms with van der Waals surface area (Å²) < 4.78 is 10.9. The largest absolute Gasteiger partial charge is 0.496 e. The van der Waals surface area contributed by atoms with Gasteiger partial charge in [-0.3, -0.25) is 0 Å². The van der Waals surface area contributed by atoms with Gasteiger partial charge in [-0.15, -0.1) is 0 Å². The fourth-order valence-corrected chi connectivity index (χ4v) is 2.45. The number of benzene rings is 1. The summed E-state index contributed by atoms with van der Waals surface area (Å²) in [6, 6.07) is 4.43. The predicted octanol–water partition coefficient (Wildman–Crippen LogP) is 1.59. The van der Waals surface area contributed by atoms with E-state index in [0.29, 0.717) is 6.04 Å². The minimum Gasteiger partial charge on any atom is -0.496 e. The van der Waals surface area contributed by atoms with Crippen molar-refractivity contribution in [2.75, 3.05) is 40.9 Å². The molecule has 1 saturated heterocycles.